The van der Waals surface area contributed by atoms with E-state index in [4.69, 9.17) is 4.98 Å². The van der Waals surface area contributed by atoms with Gasteiger partial charge in [0.2, 0.25) is 0 Å². The highest BCUT2D eigenvalue weighted by Crippen LogP contribution is 2.24. The van der Waals surface area contributed by atoms with Gasteiger partial charge in [0, 0.05) is 28.7 Å². The lowest BCUT2D eigenvalue weighted by atomic mass is 10.1. The van der Waals surface area contributed by atoms with Crippen molar-refractivity contribution in [2.75, 3.05) is 0 Å². The Labute approximate surface area is 180 Å². The molecule has 0 fully saturated rings. The molecule has 152 valence electrons. The SMILES string of the molecule is Cc1[nH]c2ccccc2c1C=Cc1nc2ccccc2c(=O)n1CCc1ccccc1. The summed E-state index contributed by atoms with van der Waals surface area (Å²) in [5.74, 6) is 0.671. The third-order valence-electron chi connectivity index (χ3n) is 5.70. The van der Waals surface area contributed by atoms with Crippen LogP contribution < -0.4 is 5.56 Å². The number of aryl methyl sites for hydroxylation is 2. The molecule has 0 saturated heterocycles. The van der Waals surface area contributed by atoms with Gasteiger partial charge in [-0.1, -0.05) is 60.7 Å². The molecule has 31 heavy (non-hydrogen) atoms. The molecule has 0 bridgehead atoms. The van der Waals surface area contributed by atoms with E-state index >= 15 is 0 Å². The molecule has 0 amide bonds. The Morgan fingerprint density at radius 3 is 2.42 bits per heavy atom. The maximum Gasteiger partial charge on any atom is 0.261 e. The zero-order chi connectivity index (χ0) is 21.2. The van der Waals surface area contributed by atoms with E-state index in [-0.39, 0.29) is 5.56 Å². The molecule has 5 aromatic rings. The number of rotatable bonds is 5. The quantitative estimate of drug-likeness (QED) is 0.414. The first-order valence-corrected chi connectivity index (χ1v) is 10.5. The number of aromatic nitrogens is 3. The van der Waals surface area contributed by atoms with Crippen LogP contribution >= 0.6 is 0 Å². The van der Waals surface area contributed by atoms with Crippen LogP contribution in [0, 0.1) is 6.92 Å². The second kappa shape index (κ2) is 8.07. The first-order valence-electron chi connectivity index (χ1n) is 10.5. The summed E-state index contributed by atoms with van der Waals surface area (Å²) in [6.45, 7) is 2.64. The van der Waals surface area contributed by atoms with Crippen LogP contribution in [0.2, 0.25) is 0 Å². The molecule has 4 heteroatoms. The normalized spacial score (nSPS) is 11.6. The van der Waals surface area contributed by atoms with Crippen LogP contribution in [0.4, 0.5) is 0 Å². The first kappa shape index (κ1) is 19.1. The van der Waals surface area contributed by atoms with Gasteiger partial charge < -0.3 is 4.98 Å². The third-order valence-corrected chi connectivity index (χ3v) is 5.70. The molecule has 1 N–H and O–H groups in total. The van der Waals surface area contributed by atoms with E-state index in [2.05, 4.69) is 42.2 Å². The van der Waals surface area contributed by atoms with Gasteiger partial charge in [-0.15, -0.1) is 0 Å². The average molecular weight is 406 g/mol. The van der Waals surface area contributed by atoms with Crippen molar-refractivity contribution in [2.24, 2.45) is 0 Å². The molecule has 0 unspecified atom stereocenters. The van der Waals surface area contributed by atoms with Gasteiger partial charge in [0.05, 0.1) is 10.9 Å². The van der Waals surface area contributed by atoms with Gasteiger partial charge in [0.15, 0.2) is 0 Å². The van der Waals surface area contributed by atoms with Crippen LogP contribution in [0.5, 0.6) is 0 Å². The third kappa shape index (κ3) is 3.68. The molecular formula is C27H23N3O. The molecule has 2 aromatic heterocycles. The molecule has 0 aliphatic carbocycles. The number of benzene rings is 3. The Morgan fingerprint density at radius 2 is 1.58 bits per heavy atom. The van der Waals surface area contributed by atoms with Crippen LogP contribution in [0.3, 0.4) is 0 Å². The number of fused-ring (bicyclic) bond motifs is 2. The van der Waals surface area contributed by atoms with E-state index in [1.807, 2.05) is 60.7 Å². The van der Waals surface area contributed by atoms with E-state index in [9.17, 15) is 4.79 Å². The molecule has 4 nitrogen and oxygen atoms in total. The van der Waals surface area contributed by atoms with Crippen molar-refractivity contribution in [2.45, 2.75) is 19.9 Å². The number of hydrogen-bond acceptors (Lipinski definition) is 2. The van der Waals surface area contributed by atoms with Crippen molar-refractivity contribution in [3.63, 3.8) is 0 Å². The smallest absolute Gasteiger partial charge is 0.261 e. The van der Waals surface area contributed by atoms with E-state index < -0.39 is 0 Å². The fraction of sp³-hybridized carbons (Fsp3) is 0.111. The molecule has 3 aromatic carbocycles. The maximum atomic E-state index is 13.3. The Morgan fingerprint density at radius 1 is 0.871 bits per heavy atom. The largest absolute Gasteiger partial charge is 0.358 e. The molecule has 0 saturated carbocycles. The summed E-state index contributed by atoms with van der Waals surface area (Å²) in [7, 11) is 0. The van der Waals surface area contributed by atoms with Crippen LogP contribution in [-0.2, 0) is 13.0 Å². The van der Waals surface area contributed by atoms with Crippen molar-refractivity contribution < 1.29 is 0 Å². The van der Waals surface area contributed by atoms with Crippen LogP contribution in [-0.4, -0.2) is 14.5 Å². The fourth-order valence-corrected chi connectivity index (χ4v) is 4.09. The molecule has 0 radical (unpaired) electrons. The predicted molar refractivity (Wildman–Crippen MR) is 128 cm³/mol. The highest BCUT2D eigenvalue weighted by molar-refractivity contribution is 5.93. The molecule has 5 rings (SSSR count). The van der Waals surface area contributed by atoms with E-state index in [0.29, 0.717) is 17.8 Å². The standard InChI is InChI=1S/C27H23N3O/c1-19-21(22-11-5-7-13-24(22)28-19)15-16-26-29-25-14-8-6-12-23(25)27(31)30(26)18-17-20-9-3-2-4-10-20/h2-16,28H,17-18H2,1H3. The molecule has 0 aliphatic heterocycles. The summed E-state index contributed by atoms with van der Waals surface area (Å²) in [6, 6.07) is 26.0. The molecule has 0 aliphatic rings. The Bertz CT molecular complexity index is 1460. The zero-order valence-electron chi connectivity index (χ0n) is 17.4. The maximum absolute atomic E-state index is 13.3. The van der Waals surface area contributed by atoms with Crippen LogP contribution in [0.1, 0.15) is 22.6 Å². The topological polar surface area (TPSA) is 50.7 Å². The van der Waals surface area contributed by atoms with E-state index in [1.165, 1.54) is 5.56 Å². The predicted octanol–water partition coefficient (Wildman–Crippen LogP) is 5.60. The van der Waals surface area contributed by atoms with Gasteiger partial charge >= 0.3 is 0 Å². The lowest BCUT2D eigenvalue weighted by molar-refractivity contribution is 0.655. The van der Waals surface area contributed by atoms with E-state index in [1.54, 1.807) is 4.57 Å². The lowest BCUT2D eigenvalue weighted by Crippen LogP contribution is -2.25. The molecular weight excluding hydrogens is 382 g/mol. The van der Waals surface area contributed by atoms with Crippen molar-refractivity contribution in [1.82, 2.24) is 14.5 Å². The summed E-state index contributed by atoms with van der Waals surface area (Å²) in [6.07, 6.45) is 4.79. The number of H-pyrrole nitrogens is 1. The molecule has 0 atom stereocenters. The van der Waals surface area contributed by atoms with Crippen LogP contribution in [0.15, 0.2) is 83.7 Å². The van der Waals surface area contributed by atoms with Gasteiger partial charge in [-0.3, -0.25) is 9.36 Å². The fourth-order valence-electron chi connectivity index (χ4n) is 4.09. The van der Waals surface area contributed by atoms with Gasteiger partial charge in [0.1, 0.15) is 5.82 Å². The highest BCUT2D eigenvalue weighted by atomic mass is 16.1. The summed E-state index contributed by atoms with van der Waals surface area (Å²) in [5, 5.41) is 1.81. The summed E-state index contributed by atoms with van der Waals surface area (Å²) >= 11 is 0. The Hall–Kier alpha value is -3.92. The van der Waals surface area contributed by atoms with Crippen molar-refractivity contribution >= 4 is 34.0 Å². The summed E-state index contributed by atoms with van der Waals surface area (Å²) < 4.78 is 1.79. The number of nitrogens with zero attached hydrogens (tertiary/aromatic N) is 2. The lowest BCUT2D eigenvalue weighted by Gasteiger charge is -2.11. The van der Waals surface area contributed by atoms with Gasteiger partial charge in [-0.05, 0) is 49.3 Å². The summed E-state index contributed by atoms with van der Waals surface area (Å²) in [5.41, 5.74) is 5.23. The first-order chi connectivity index (χ1) is 15.2. The number of para-hydroxylation sites is 2. The number of hydrogen-bond donors (Lipinski definition) is 1. The van der Waals surface area contributed by atoms with Gasteiger partial charge in [0.25, 0.3) is 5.56 Å². The second-order valence-electron chi connectivity index (χ2n) is 7.72. The number of aromatic amines is 1. The van der Waals surface area contributed by atoms with Crippen molar-refractivity contribution in [3.8, 4) is 0 Å². The van der Waals surface area contributed by atoms with Crippen molar-refractivity contribution in [1.29, 1.82) is 0 Å². The molecule has 2 heterocycles. The number of nitrogens with one attached hydrogen (secondary N) is 1. The average Bonchev–Trinajstić information content (AvgIpc) is 3.13. The van der Waals surface area contributed by atoms with Crippen molar-refractivity contribution in [3.05, 3.63) is 112 Å². The minimum atomic E-state index is -0.00294. The minimum Gasteiger partial charge on any atom is -0.358 e. The highest BCUT2D eigenvalue weighted by Gasteiger charge is 2.10. The zero-order valence-corrected chi connectivity index (χ0v) is 17.4. The molecule has 0 spiro atoms. The van der Waals surface area contributed by atoms with E-state index in [0.717, 1.165) is 34.1 Å². The minimum absolute atomic E-state index is 0.00294. The monoisotopic (exact) mass is 405 g/mol. The Kier molecular flexibility index (Phi) is 4.97. The second-order valence-corrected chi connectivity index (χ2v) is 7.72. The van der Waals surface area contributed by atoms with Gasteiger partial charge in [-0.25, -0.2) is 4.98 Å². The Balaban J connectivity index is 1.60. The van der Waals surface area contributed by atoms with Gasteiger partial charge in [-0.2, -0.15) is 0 Å². The summed E-state index contributed by atoms with van der Waals surface area (Å²) in [4.78, 5) is 21.5. The van der Waals surface area contributed by atoms with Crippen LogP contribution in [0.25, 0.3) is 34.0 Å².